The summed E-state index contributed by atoms with van der Waals surface area (Å²) in [6, 6.07) is 11.6. The maximum atomic E-state index is 14.0. The number of ether oxygens (including phenoxy) is 1. The molecule has 0 saturated heterocycles. The minimum Gasteiger partial charge on any atom is -0.383 e. The van der Waals surface area contributed by atoms with Crippen molar-refractivity contribution in [3.05, 3.63) is 59.4 Å². The number of benzene rings is 2. The molecule has 2 aromatic rings. The number of hydrogen-bond acceptors (Lipinski definition) is 4. The van der Waals surface area contributed by atoms with E-state index >= 15 is 0 Å². The molecule has 0 unspecified atom stereocenters. The highest BCUT2D eigenvalue weighted by Gasteiger charge is 2.26. The van der Waals surface area contributed by atoms with Crippen LogP contribution in [0.25, 0.3) is 0 Å². The molecule has 5 nitrogen and oxygen atoms in total. The van der Waals surface area contributed by atoms with Gasteiger partial charge >= 0.3 is 0 Å². The zero-order chi connectivity index (χ0) is 18.5. The summed E-state index contributed by atoms with van der Waals surface area (Å²) in [5, 5.41) is 2.76. The van der Waals surface area contributed by atoms with Crippen LogP contribution in [0.15, 0.2) is 47.4 Å². The van der Waals surface area contributed by atoms with Gasteiger partial charge in [0.1, 0.15) is 5.82 Å². The highest BCUT2D eigenvalue weighted by molar-refractivity contribution is 8.00. The predicted octanol–water partition coefficient (Wildman–Crippen LogP) is 2.84. The highest BCUT2D eigenvalue weighted by Crippen LogP contribution is 2.37. The van der Waals surface area contributed by atoms with E-state index in [1.54, 1.807) is 37.4 Å². The van der Waals surface area contributed by atoms with E-state index in [1.807, 2.05) is 6.07 Å². The number of fused-ring (bicyclic) bond motifs is 1. The Hall–Kier alpha value is -2.38. The van der Waals surface area contributed by atoms with Crippen LogP contribution < -0.4 is 10.2 Å². The summed E-state index contributed by atoms with van der Waals surface area (Å²) in [7, 11) is 1.56. The van der Waals surface area contributed by atoms with Gasteiger partial charge in [0.05, 0.1) is 24.6 Å². The summed E-state index contributed by atoms with van der Waals surface area (Å²) >= 11 is 1.42. The second-order valence-electron chi connectivity index (χ2n) is 5.79. The fraction of sp³-hybridized carbons (Fsp3) is 0.263. The van der Waals surface area contributed by atoms with Crippen molar-refractivity contribution in [3.8, 4) is 0 Å². The van der Waals surface area contributed by atoms with Crippen LogP contribution in [0.3, 0.4) is 0 Å². The van der Waals surface area contributed by atoms with E-state index in [2.05, 4.69) is 5.32 Å². The van der Waals surface area contributed by atoms with Crippen molar-refractivity contribution in [3.63, 3.8) is 0 Å². The minimum absolute atomic E-state index is 0.109. The molecule has 0 radical (unpaired) electrons. The van der Waals surface area contributed by atoms with Crippen LogP contribution in [0.2, 0.25) is 0 Å². The van der Waals surface area contributed by atoms with Crippen LogP contribution >= 0.6 is 11.8 Å². The molecule has 1 aliphatic rings. The van der Waals surface area contributed by atoms with Gasteiger partial charge in [-0.1, -0.05) is 18.2 Å². The Balaban J connectivity index is 1.87. The van der Waals surface area contributed by atoms with Crippen molar-refractivity contribution >= 4 is 29.3 Å². The molecule has 7 heteroatoms. The van der Waals surface area contributed by atoms with Crippen molar-refractivity contribution in [2.45, 2.75) is 11.4 Å². The number of thioether (sulfide) groups is 1. The molecule has 0 saturated carbocycles. The average molecular weight is 374 g/mol. The van der Waals surface area contributed by atoms with Gasteiger partial charge < -0.3 is 15.0 Å². The van der Waals surface area contributed by atoms with Crippen LogP contribution in [0.4, 0.5) is 10.1 Å². The first-order valence-corrected chi connectivity index (χ1v) is 9.16. The first kappa shape index (κ1) is 18.4. The van der Waals surface area contributed by atoms with E-state index in [0.717, 1.165) is 4.90 Å². The third kappa shape index (κ3) is 4.05. The van der Waals surface area contributed by atoms with Crippen molar-refractivity contribution in [2.24, 2.45) is 0 Å². The molecule has 1 N–H and O–H groups in total. The second-order valence-corrected chi connectivity index (χ2v) is 6.81. The molecule has 3 rings (SSSR count). The number of amides is 2. The summed E-state index contributed by atoms with van der Waals surface area (Å²) in [4.78, 5) is 27.1. The number of nitrogens with zero attached hydrogens (tertiary/aromatic N) is 1. The third-order valence-electron chi connectivity index (χ3n) is 4.04. The van der Waals surface area contributed by atoms with E-state index < -0.39 is 0 Å². The lowest BCUT2D eigenvalue weighted by Crippen LogP contribution is -2.35. The maximum Gasteiger partial charge on any atom is 0.251 e. The first-order chi connectivity index (χ1) is 12.6. The van der Waals surface area contributed by atoms with Gasteiger partial charge in [0, 0.05) is 29.7 Å². The van der Waals surface area contributed by atoms with Gasteiger partial charge in [-0.3, -0.25) is 9.59 Å². The molecular weight excluding hydrogens is 355 g/mol. The van der Waals surface area contributed by atoms with Crippen LogP contribution in [0.1, 0.15) is 15.9 Å². The smallest absolute Gasteiger partial charge is 0.251 e. The molecule has 2 aromatic carbocycles. The topological polar surface area (TPSA) is 58.6 Å². The molecule has 2 amide bonds. The Bertz CT molecular complexity index is 828. The van der Waals surface area contributed by atoms with Gasteiger partial charge in [0.25, 0.3) is 5.91 Å². The summed E-state index contributed by atoms with van der Waals surface area (Å²) in [5.41, 5.74) is 1.52. The fourth-order valence-corrected chi connectivity index (χ4v) is 3.60. The van der Waals surface area contributed by atoms with E-state index in [4.69, 9.17) is 4.74 Å². The molecule has 0 aromatic heterocycles. The van der Waals surface area contributed by atoms with Gasteiger partial charge in [-0.15, -0.1) is 11.8 Å². The standard InChI is InChI=1S/C19H19FN2O3S/c1-25-9-8-21-19(24)13-6-7-17-16(10-13)22(18(23)12-26-17)11-14-4-2-3-5-15(14)20/h2-7,10H,8-9,11-12H2,1H3,(H,21,24). The van der Waals surface area contributed by atoms with Crippen LogP contribution in [0.5, 0.6) is 0 Å². The van der Waals surface area contributed by atoms with Crippen molar-refractivity contribution < 1.29 is 18.7 Å². The molecule has 0 aliphatic carbocycles. The van der Waals surface area contributed by atoms with Crippen LogP contribution in [-0.4, -0.2) is 37.8 Å². The van der Waals surface area contributed by atoms with E-state index in [9.17, 15) is 14.0 Å². The highest BCUT2D eigenvalue weighted by atomic mass is 32.2. The lowest BCUT2D eigenvalue weighted by molar-refractivity contribution is -0.116. The number of methoxy groups -OCH3 is 1. The lowest BCUT2D eigenvalue weighted by Gasteiger charge is -2.29. The molecular formula is C19H19FN2O3S. The Morgan fingerprint density at radius 2 is 2.12 bits per heavy atom. The molecule has 0 spiro atoms. The Kier molecular flexibility index (Phi) is 5.90. The van der Waals surface area contributed by atoms with E-state index in [1.165, 1.54) is 22.7 Å². The average Bonchev–Trinajstić information content (AvgIpc) is 2.65. The van der Waals surface area contributed by atoms with Gasteiger partial charge in [-0.25, -0.2) is 4.39 Å². The summed E-state index contributed by atoms with van der Waals surface area (Å²) in [5.74, 6) is -0.407. The number of anilines is 1. The first-order valence-electron chi connectivity index (χ1n) is 8.18. The molecule has 1 heterocycles. The zero-order valence-corrected chi connectivity index (χ0v) is 15.1. The van der Waals surface area contributed by atoms with Gasteiger partial charge in [0.2, 0.25) is 5.91 Å². The van der Waals surface area contributed by atoms with E-state index in [0.29, 0.717) is 35.7 Å². The molecule has 26 heavy (non-hydrogen) atoms. The molecule has 0 bridgehead atoms. The lowest BCUT2D eigenvalue weighted by atomic mass is 10.1. The summed E-state index contributed by atoms with van der Waals surface area (Å²) < 4.78 is 18.9. The largest absolute Gasteiger partial charge is 0.383 e. The molecule has 0 fully saturated rings. The molecule has 0 atom stereocenters. The van der Waals surface area contributed by atoms with Crippen LogP contribution in [0, 0.1) is 5.82 Å². The maximum absolute atomic E-state index is 14.0. The zero-order valence-electron chi connectivity index (χ0n) is 14.3. The second kappa shape index (κ2) is 8.33. The summed E-state index contributed by atoms with van der Waals surface area (Å²) in [6.07, 6.45) is 0. The SMILES string of the molecule is COCCNC(=O)c1ccc2c(c1)N(Cc1ccccc1F)C(=O)CS2. The molecule has 136 valence electrons. The number of carbonyl (C=O) groups excluding carboxylic acids is 2. The number of nitrogens with one attached hydrogen (secondary N) is 1. The fourth-order valence-electron chi connectivity index (χ4n) is 2.68. The summed E-state index contributed by atoms with van der Waals surface area (Å²) in [6.45, 7) is 0.956. The Labute approximate surface area is 155 Å². The van der Waals surface area contributed by atoms with Crippen molar-refractivity contribution in [2.75, 3.05) is 30.9 Å². The van der Waals surface area contributed by atoms with Crippen LogP contribution in [-0.2, 0) is 16.1 Å². The monoisotopic (exact) mass is 374 g/mol. The minimum atomic E-state index is -0.353. The number of halogens is 1. The van der Waals surface area contributed by atoms with Crippen molar-refractivity contribution in [1.82, 2.24) is 5.32 Å². The molecule has 1 aliphatic heterocycles. The van der Waals surface area contributed by atoms with Gasteiger partial charge in [-0.05, 0) is 24.3 Å². The number of carbonyl (C=O) groups is 2. The van der Waals surface area contributed by atoms with E-state index in [-0.39, 0.29) is 24.2 Å². The Morgan fingerprint density at radius 3 is 2.88 bits per heavy atom. The predicted molar refractivity (Wildman–Crippen MR) is 99.0 cm³/mol. The van der Waals surface area contributed by atoms with Gasteiger partial charge in [-0.2, -0.15) is 0 Å². The normalized spacial score (nSPS) is 13.5. The third-order valence-corrected chi connectivity index (χ3v) is 5.09. The quantitative estimate of drug-likeness (QED) is 0.790. The van der Waals surface area contributed by atoms with Crippen molar-refractivity contribution in [1.29, 1.82) is 0 Å². The number of hydrogen-bond donors (Lipinski definition) is 1. The Morgan fingerprint density at radius 1 is 1.31 bits per heavy atom. The number of rotatable bonds is 6. The van der Waals surface area contributed by atoms with Gasteiger partial charge in [0.15, 0.2) is 0 Å².